The highest BCUT2D eigenvalue weighted by Gasteiger charge is 2.25. The number of piperazine rings is 1. The highest BCUT2D eigenvalue weighted by molar-refractivity contribution is 5.87. The van der Waals surface area contributed by atoms with Gasteiger partial charge in [0.2, 0.25) is 5.91 Å². The van der Waals surface area contributed by atoms with Crippen LogP contribution >= 0.6 is 0 Å². The average Bonchev–Trinajstić information content (AvgIpc) is 3.19. The standard InChI is InChI=1S/C22H32N8O2/c1-4-21(31)23-16-5-7-17(8-6-16)32-22-25-18(24-19-13-15(2)27-28-19)14-20(26-22)30-11-9-29(3)10-12-30/h4,13-14,16-17H,1,5-12H2,2-3H3,(H,23,31)(H2,24,25,26,27,28). The summed E-state index contributed by atoms with van der Waals surface area (Å²) in [5, 5.41) is 13.4. The number of amides is 1. The second kappa shape index (κ2) is 9.99. The lowest BCUT2D eigenvalue weighted by atomic mass is 9.93. The summed E-state index contributed by atoms with van der Waals surface area (Å²) < 4.78 is 6.21. The molecule has 0 spiro atoms. The minimum absolute atomic E-state index is 0.0249. The van der Waals surface area contributed by atoms with Gasteiger partial charge in [-0.15, -0.1) is 0 Å². The van der Waals surface area contributed by atoms with Gasteiger partial charge in [-0.2, -0.15) is 15.1 Å². The molecule has 0 radical (unpaired) electrons. The average molecular weight is 441 g/mol. The number of aromatic nitrogens is 4. The third kappa shape index (κ3) is 5.76. The molecule has 1 saturated heterocycles. The molecule has 2 aromatic heterocycles. The number of ether oxygens (including phenoxy) is 1. The van der Waals surface area contributed by atoms with Crippen molar-refractivity contribution in [1.29, 1.82) is 0 Å². The van der Waals surface area contributed by atoms with E-state index in [9.17, 15) is 4.79 Å². The minimum Gasteiger partial charge on any atom is -0.460 e. The second-order valence-corrected chi connectivity index (χ2v) is 8.54. The van der Waals surface area contributed by atoms with Gasteiger partial charge in [0.15, 0.2) is 0 Å². The maximum Gasteiger partial charge on any atom is 0.320 e. The summed E-state index contributed by atoms with van der Waals surface area (Å²) in [4.78, 5) is 25.5. The SMILES string of the molecule is C=CC(=O)NC1CCC(Oc2nc(Nc3cc(C)n[nH]3)cc(N3CCN(C)CC3)n2)CC1. The lowest BCUT2D eigenvalue weighted by Crippen LogP contribution is -2.44. The van der Waals surface area contributed by atoms with Crippen molar-refractivity contribution in [2.45, 2.75) is 44.8 Å². The Morgan fingerprint density at radius 2 is 1.94 bits per heavy atom. The molecule has 0 unspecified atom stereocenters. The summed E-state index contributed by atoms with van der Waals surface area (Å²) in [6.07, 6.45) is 4.74. The van der Waals surface area contributed by atoms with E-state index in [1.165, 1.54) is 6.08 Å². The zero-order valence-corrected chi connectivity index (χ0v) is 18.8. The molecular weight excluding hydrogens is 408 g/mol. The summed E-state index contributed by atoms with van der Waals surface area (Å²) in [7, 11) is 2.13. The molecule has 3 N–H and O–H groups in total. The van der Waals surface area contributed by atoms with Crippen LogP contribution in [-0.4, -0.2) is 76.3 Å². The molecule has 10 nitrogen and oxygen atoms in total. The van der Waals surface area contributed by atoms with Gasteiger partial charge in [0.05, 0.1) is 5.69 Å². The summed E-state index contributed by atoms with van der Waals surface area (Å²) in [6, 6.07) is 4.42. The largest absolute Gasteiger partial charge is 0.460 e. The normalized spacial score (nSPS) is 21.8. The van der Waals surface area contributed by atoms with Crippen molar-refractivity contribution in [2.75, 3.05) is 43.4 Å². The van der Waals surface area contributed by atoms with E-state index >= 15 is 0 Å². The second-order valence-electron chi connectivity index (χ2n) is 8.54. The zero-order chi connectivity index (χ0) is 22.5. The van der Waals surface area contributed by atoms with E-state index in [-0.39, 0.29) is 18.1 Å². The predicted octanol–water partition coefficient (Wildman–Crippen LogP) is 2.00. The minimum atomic E-state index is -0.123. The Kier molecular flexibility index (Phi) is 6.89. The first-order valence-corrected chi connectivity index (χ1v) is 11.2. The molecule has 32 heavy (non-hydrogen) atoms. The van der Waals surface area contributed by atoms with E-state index in [2.05, 4.69) is 49.2 Å². The van der Waals surface area contributed by atoms with Crippen LogP contribution in [0.4, 0.5) is 17.5 Å². The number of aryl methyl sites for hydroxylation is 1. The number of nitrogens with zero attached hydrogens (tertiary/aromatic N) is 5. The van der Waals surface area contributed by atoms with Gasteiger partial charge in [-0.3, -0.25) is 9.89 Å². The molecular formula is C22H32N8O2. The van der Waals surface area contributed by atoms with Crippen molar-refractivity contribution >= 4 is 23.4 Å². The van der Waals surface area contributed by atoms with Gasteiger partial charge in [-0.1, -0.05) is 6.58 Å². The summed E-state index contributed by atoms with van der Waals surface area (Å²) in [5.41, 5.74) is 0.901. The lowest BCUT2D eigenvalue weighted by molar-refractivity contribution is -0.117. The predicted molar refractivity (Wildman–Crippen MR) is 123 cm³/mol. The summed E-state index contributed by atoms with van der Waals surface area (Å²) in [6.45, 7) is 9.24. The Balaban J connectivity index is 1.46. The van der Waals surface area contributed by atoms with Crippen molar-refractivity contribution in [3.63, 3.8) is 0 Å². The zero-order valence-electron chi connectivity index (χ0n) is 18.8. The number of carbonyl (C=O) groups is 1. The highest BCUT2D eigenvalue weighted by atomic mass is 16.5. The molecule has 4 rings (SSSR count). The van der Waals surface area contributed by atoms with Gasteiger partial charge in [-0.25, -0.2) is 0 Å². The number of hydrogen-bond acceptors (Lipinski definition) is 8. The van der Waals surface area contributed by atoms with Gasteiger partial charge in [0, 0.05) is 44.4 Å². The van der Waals surface area contributed by atoms with Gasteiger partial charge in [-0.05, 0) is 45.7 Å². The van der Waals surface area contributed by atoms with Crippen LogP contribution in [0.5, 0.6) is 6.01 Å². The maximum absolute atomic E-state index is 11.5. The molecule has 1 saturated carbocycles. The number of H-pyrrole nitrogens is 1. The number of aromatic amines is 1. The van der Waals surface area contributed by atoms with E-state index in [1.54, 1.807) is 0 Å². The van der Waals surface area contributed by atoms with E-state index in [4.69, 9.17) is 9.72 Å². The Hall–Kier alpha value is -3.14. The number of nitrogens with one attached hydrogen (secondary N) is 3. The Bertz CT molecular complexity index is 930. The molecule has 2 aliphatic rings. The number of anilines is 3. The summed E-state index contributed by atoms with van der Waals surface area (Å²) in [5.74, 6) is 2.17. The third-order valence-electron chi connectivity index (χ3n) is 5.97. The molecule has 10 heteroatoms. The van der Waals surface area contributed by atoms with Crippen LogP contribution in [0.25, 0.3) is 0 Å². The van der Waals surface area contributed by atoms with E-state index in [0.717, 1.165) is 69.2 Å². The van der Waals surface area contributed by atoms with E-state index in [0.29, 0.717) is 11.8 Å². The molecule has 2 aromatic rings. The molecule has 0 bridgehead atoms. The molecule has 1 aliphatic carbocycles. The van der Waals surface area contributed by atoms with Crippen LogP contribution in [0.3, 0.4) is 0 Å². The van der Waals surface area contributed by atoms with E-state index in [1.807, 2.05) is 19.1 Å². The maximum atomic E-state index is 11.5. The molecule has 172 valence electrons. The third-order valence-corrected chi connectivity index (χ3v) is 5.97. The van der Waals surface area contributed by atoms with Crippen molar-refractivity contribution in [3.8, 4) is 6.01 Å². The molecule has 0 atom stereocenters. The lowest BCUT2D eigenvalue weighted by Gasteiger charge is -2.33. The first kappa shape index (κ1) is 22.1. The monoisotopic (exact) mass is 440 g/mol. The molecule has 2 fully saturated rings. The fourth-order valence-corrected chi connectivity index (χ4v) is 4.09. The van der Waals surface area contributed by atoms with Crippen molar-refractivity contribution in [3.05, 3.63) is 30.5 Å². The first-order valence-electron chi connectivity index (χ1n) is 11.2. The van der Waals surface area contributed by atoms with Gasteiger partial charge in [0.25, 0.3) is 0 Å². The Morgan fingerprint density at radius 1 is 1.19 bits per heavy atom. The number of rotatable bonds is 7. The fraction of sp³-hybridized carbons (Fsp3) is 0.545. The Morgan fingerprint density at radius 3 is 2.59 bits per heavy atom. The number of carbonyl (C=O) groups excluding carboxylic acids is 1. The van der Waals surface area contributed by atoms with Gasteiger partial charge in [0.1, 0.15) is 23.6 Å². The van der Waals surface area contributed by atoms with Crippen LogP contribution in [0.1, 0.15) is 31.4 Å². The smallest absolute Gasteiger partial charge is 0.320 e. The highest BCUT2D eigenvalue weighted by Crippen LogP contribution is 2.27. The van der Waals surface area contributed by atoms with E-state index < -0.39 is 0 Å². The molecule has 3 heterocycles. The van der Waals surface area contributed by atoms with Crippen LogP contribution in [-0.2, 0) is 4.79 Å². The van der Waals surface area contributed by atoms with Crippen molar-refractivity contribution < 1.29 is 9.53 Å². The topological polar surface area (TPSA) is 111 Å². The molecule has 0 aromatic carbocycles. The summed E-state index contributed by atoms with van der Waals surface area (Å²) >= 11 is 0. The quantitative estimate of drug-likeness (QED) is 0.561. The fourth-order valence-electron chi connectivity index (χ4n) is 4.09. The van der Waals surface area contributed by atoms with Crippen molar-refractivity contribution in [2.24, 2.45) is 0 Å². The van der Waals surface area contributed by atoms with Crippen molar-refractivity contribution in [1.82, 2.24) is 30.4 Å². The van der Waals surface area contributed by atoms with Crippen LogP contribution in [0.15, 0.2) is 24.8 Å². The van der Waals surface area contributed by atoms with Crippen LogP contribution in [0, 0.1) is 6.92 Å². The molecule has 1 aliphatic heterocycles. The number of hydrogen-bond donors (Lipinski definition) is 3. The van der Waals surface area contributed by atoms with Crippen LogP contribution in [0.2, 0.25) is 0 Å². The van der Waals surface area contributed by atoms with Crippen LogP contribution < -0.4 is 20.3 Å². The number of likely N-dealkylation sites (N-methyl/N-ethyl adjacent to an activating group) is 1. The first-order chi connectivity index (χ1) is 15.5. The van der Waals surface area contributed by atoms with Gasteiger partial charge >= 0.3 is 6.01 Å². The molecule has 1 amide bonds. The van der Waals surface area contributed by atoms with Gasteiger partial charge < -0.3 is 25.2 Å². The Labute approximate surface area is 188 Å².